The minimum atomic E-state index is 0.993. The Balaban J connectivity index is 2.11. The molecule has 1 heteroatoms. The fraction of sp³-hybridized carbons (Fsp3) is 0.375. The van der Waals surface area contributed by atoms with E-state index in [4.69, 9.17) is 0 Å². The van der Waals surface area contributed by atoms with Gasteiger partial charge in [0.05, 0.1) is 6.54 Å². The van der Waals surface area contributed by atoms with Gasteiger partial charge < -0.3 is 4.90 Å². The van der Waals surface area contributed by atoms with Crippen LogP contribution in [0.5, 0.6) is 0 Å². The van der Waals surface area contributed by atoms with E-state index in [1.54, 1.807) is 0 Å². The minimum absolute atomic E-state index is 0.993. The van der Waals surface area contributed by atoms with E-state index in [1.807, 2.05) is 12.8 Å². The average Bonchev–Trinajstić information content (AvgIpc) is 2.15. The van der Waals surface area contributed by atoms with Crippen molar-refractivity contribution in [3.8, 4) is 0 Å². The quantitative estimate of drug-likeness (QED) is 0.489. The Bertz CT molecular complexity index is 72.6. The van der Waals surface area contributed by atoms with Crippen molar-refractivity contribution < 1.29 is 0 Å². The molecule has 1 rings (SSSR count). The SMILES string of the molecule is CN(C)C[C]1[C+][CH][CH][CH]1. The molecule has 9 heavy (non-hydrogen) atoms. The molecule has 0 N–H and O–H groups in total. The molecule has 1 fully saturated rings. The van der Waals surface area contributed by atoms with Gasteiger partial charge in [0.2, 0.25) is 5.92 Å². The van der Waals surface area contributed by atoms with Crippen LogP contribution in [-0.4, -0.2) is 25.5 Å². The molecule has 0 aromatic rings. The summed E-state index contributed by atoms with van der Waals surface area (Å²) in [7, 11) is 4.11. The summed E-state index contributed by atoms with van der Waals surface area (Å²) < 4.78 is 0. The van der Waals surface area contributed by atoms with Crippen LogP contribution in [-0.2, 0) is 0 Å². The van der Waals surface area contributed by atoms with Gasteiger partial charge in [0.15, 0.2) is 6.42 Å². The van der Waals surface area contributed by atoms with E-state index in [0.717, 1.165) is 6.54 Å². The maximum absolute atomic E-state index is 3.13. The first-order chi connectivity index (χ1) is 4.29. The van der Waals surface area contributed by atoms with E-state index in [1.165, 1.54) is 5.92 Å². The normalized spacial score (nSPS) is 20.8. The van der Waals surface area contributed by atoms with Crippen LogP contribution in [0.2, 0.25) is 0 Å². The van der Waals surface area contributed by atoms with E-state index in [0.29, 0.717) is 0 Å². The third kappa shape index (κ3) is 2.27. The second kappa shape index (κ2) is 3.11. The first kappa shape index (κ1) is 6.94. The monoisotopic (exact) mass is 121 g/mol. The third-order valence-corrected chi connectivity index (χ3v) is 1.15. The summed E-state index contributed by atoms with van der Waals surface area (Å²) >= 11 is 0. The van der Waals surface area contributed by atoms with Gasteiger partial charge in [-0.3, -0.25) is 0 Å². The standard InChI is InChI=1S/C8H11N/c1-9(2)7-8-5-3-4-6-8/h3-5H,7H2,1-2H3/q+1. The highest BCUT2D eigenvalue weighted by Gasteiger charge is 2.33. The van der Waals surface area contributed by atoms with Crippen molar-refractivity contribution in [3.05, 3.63) is 31.6 Å². The maximum Gasteiger partial charge on any atom is 0.295 e. The number of hydrogen-bond acceptors (Lipinski definition) is 1. The van der Waals surface area contributed by atoms with E-state index in [2.05, 4.69) is 31.8 Å². The van der Waals surface area contributed by atoms with Gasteiger partial charge in [0, 0.05) is 12.8 Å². The summed E-state index contributed by atoms with van der Waals surface area (Å²) in [5.41, 5.74) is 0. The Hall–Kier alpha value is -0.170. The highest BCUT2D eigenvalue weighted by molar-refractivity contribution is 5.35. The summed E-state index contributed by atoms with van der Waals surface area (Å²) in [5, 5.41) is 0. The first-order valence-corrected chi connectivity index (χ1v) is 3.06. The van der Waals surface area contributed by atoms with Crippen LogP contribution in [0, 0.1) is 31.6 Å². The lowest BCUT2D eigenvalue weighted by Gasteiger charge is -2.06. The highest BCUT2D eigenvalue weighted by atomic mass is 15.1. The molecule has 0 unspecified atom stereocenters. The second-order valence-corrected chi connectivity index (χ2v) is 2.43. The van der Waals surface area contributed by atoms with E-state index in [9.17, 15) is 0 Å². The van der Waals surface area contributed by atoms with Crippen molar-refractivity contribution >= 4 is 0 Å². The molecule has 0 aliphatic heterocycles. The molecule has 47 valence electrons. The molecule has 0 aromatic heterocycles. The van der Waals surface area contributed by atoms with Gasteiger partial charge in [0.25, 0.3) is 6.42 Å². The van der Waals surface area contributed by atoms with Gasteiger partial charge in [-0.25, -0.2) is 0 Å². The molecule has 0 amide bonds. The van der Waals surface area contributed by atoms with Crippen LogP contribution < -0.4 is 0 Å². The molecule has 5 radical (unpaired) electrons. The van der Waals surface area contributed by atoms with Gasteiger partial charge in [-0.15, -0.1) is 0 Å². The van der Waals surface area contributed by atoms with Crippen molar-refractivity contribution in [2.75, 3.05) is 20.6 Å². The lowest BCUT2D eigenvalue weighted by Crippen LogP contribution is -2.18. The van der Waals surface area contributed by atoms with Crippen molar-refractivity contribution in [1.82, 2.24) is 4.90 Å². The summed E-state index contributed by atoms with van der Waals surface area (Å²) in [6.45, 7) is 0.993. The molecule has 0 aromatic carbocycles. The fourth-order valence-electron chi connectivity index (χ4n) is 0.807. The molecule has 1 aliphatic rings. The van der Waals surface area contributed by atoms with Crippen molar-refractivity contribution in [2.45, 2.75) is 0 Å². The van der Waals surface area contributed by atoms with Crippen LogP contribution in [0.15, 0.2) is 0 Å². The van der Waals surface area contributed by atoms with Gasteiger partial charge in [0.1, 0.15) is 0 Å². The smallest absolute Gasteiger partial charge is 0.295 e. The zero-order chi connectivity index (χ0) is 6.69. The summed E-state index contributed by atoms with van der Waals surface area (Å²) in [6, 6.07) is 0. The molecule has 0 bridgehead atoms. The van der Waals surface area contributed by atoms with Gasteiger partial charge in [-0.1, -0.05) is 0 Å². The van der Waals surface area contributed by atoms with E-state index in [-0.39, 0.29) is 0 Å². The van der Waals surface area contributed by atoms with E-state index < -0.39 is 0 Å². The van der Waals surface area contributed by atoms with Gasteiger partial charge in [-0.2, -0.15) is 0 Å². The Labute approximate surface area is 58.0 Å². The van der Waals surface area contributed by atoms with Crippen LogP contribution in [0.4, 0.5) is 0 Å². The molecular formula is C8H11N+. The maximum atomic E-state index is 3.13. The summed E-state index contributed by atoms with van der Waals surface area (Å²) in [5.74, 6) is 1.26. The molecule has 0 saturated heterocycles. The number of hydrogen-bond donors (Lipinski definition) is 0. The zero-order valence-corrected chi connectivity index (χ0v) is 5.89. The van der Waals surface area contributed by atoms with Crippen LogP contribution in [0.25, 0.3) is 0 Å². The average molecular weight is 121 g/mol. The Kier molecular flexibility index (Phi) is 2.40. The van der Waals surface area contributed by atoms with Gasteiger partial charge in [-0.05, 0) is 14.1 Å². The largest absolute Gasteiger partial charge is 0.304 e. The van der Waals surface area contributed by atoms with Crippen molar-refractivity contribution in [2.24, 2.45) is 0 Å². The molecule has 1 nitrogen and oxygen atoms in total. The number of rotatable bonds is 2. The third-order valence-electron chi connectivity index (χ3n) is 1.15. The van der Waals surface area contributed by atoms with Gasteiger partial charge >= 0.3 is 0 Å². The van der Waals surface area contributed by atoms with E-state index >= 15 is 0 Å². The molecule has 1 saturated carbocycles. The Morgan fingerprint density at radius 2 is 2.33 bits per heavy atom. The summed E-state index contributed by atoms with van der Waals surface area (Å²) in [4.78, 5) is 2.13. The van der Waals surface area contributed by atoms with Crippen LogP contribution in [0.1, 0.15) is 0 Å². The first-order valence-electron chi connectivity index (χ1n) is 3.06. The molecule has 0 spiro atoms. The van der Waals surface area contributed by atoms with Crippen LogP contribution >= 0.6 is 0 Å². The Morgan fingerprint density at radius 3 is 2.78 bits per heavy atom. The van der Waals surface area contributed by atoms with Crippen molar-refractivity contribution in [3.63, 3.8) is 0 Å². The molecule has 0 heterocycles. The predicted molar refractivity (Wildman–Crippen MR) is 37.9 cm³/mol. The minimum Gasteiger partial charge on any atom is -0.304 e. The highest BCUT2D eigenvalue weighted by Crippen LogP contribution is 2.22. The second-order valence-electron chi connectivity index (χ2n) is 2.43. The zero-order valence-electron chi connectivity index (χ0n) is 5.89. The molecule has 0 atom stereocenters. The lowest BCUT2D eigenvalue weighted by atomic mass is 10.1. The number of nitrogens with zero attached hydrogens (tertiary/aromatic N) is 1. The lowest BCUT2D eigenvalue weighted by molar-refractivity contribution is 0.432. The molecule has 1 aliphatic carbocycles. The molecular weight excluding hydrogens is 110 g/mol. The topological polar surface area (TPSA) is 3.24 Å². The predicted octanol–water partition coefficient (Wildman–Crippen LogP) is 0.830. The van der Waals surface area contributed by atoms with Crippen molar-refractivity contribution in [1.29, 1.82) is 0 Å². The Morgan fingerprint density at radius 1 is 1.56 bits per heavy atom. The summed E-state index contributed by atoms with van der Waals surface area (Å²) in [6.07, 6.45) is 9.17. The van der Waals surface area contributed by atoms with Crippen LogP contribution in [0.3, 0.4) is 0 Å². The fourth-order valence-corrected chi connectivity index (χ4v) is 0.807.